The van der Waals surface area contributed by atoms with Crippen LogP contribution in [0.1, 0.15) is 0 Å². The van der Waals surface area contributed by atoms with Crippen molar-refractivity contribution in [2.24, 2.45) is 0 Å². The second kappa shape index (κ2) is 6.67. The van der Waals surface area contributed by atoms with Crippen LogP contribution >= 0.6 is 22.6 Å². The predicted molar refractivity (Wildman–Crippen MR) is 121 cm³/mol. The number of pyridine rings is 1. The summed E-state index contributed by atoms with van der Waals surface area (Å²) in [6.07, 6.45) is 2.05. The highest BCUT2D eigenvalue weighted by Crippen LogP contribution is 2.45. The van der Waals surface area contributed by atoms with Crippen LogP contribution in [0.15, 0.2) is 66.9 Å². The van der Waals surface area contributed by atoms with Gasteiger partial charge >= 0.3 is 0 Å². The molecular weight excluding hydrogens is 463 g/mol. The molecule has 0 radical (unpaired) electrons. The third-order valence-corrected chi connectivity index (χ3v) is 6.11. The van der Waals surface area contributed by atoms with Crippen molar-refractivity contribution < 1.29 is 9.47 Å². The predicted octanol–water partition coefficient (Wildman–Crippen LogP) is 5.93. The van der Waals surface area contributed by atoms with Gasteiger partial charge in [-0.25, -0.2) is 4.98 Å². The minimum atomic E-state index is 0.761. The summed E-state index contributed by atoms with van der Waals surface area (Å²) in [5.74, 6) is 1.55. The Hall–Kier alpha value is -2.80. The molecule has 0 saturated carbocycles. The summed E-state index contributed by atoms with van der Waals surface area (Å²) in [4.78, 5) is 4.94. The Morgan fingerprint density at radius 1 is 0.929 bits per heavy atom. The fraction of sp³-hybridized carbons (Fsp3) is 0.0870. The van der Waals surface area contributed by atoms with Gasteiger partial charge in [0.2, 0.25) is 0 Å². The molecule has 0 N–H and O–H groups in total. The van der Waals surface area contributed by atoms with Crippen LogP contribution in [-0.4, -0.2) is 23.6 Å². The number of imidazole rings is 1. The molecule has 4 nitrogen and oxygen atoms in total. The zero-order chi connectivity index (χ0) is 19.3. The summed E-state index contributed by atoms with van der Waals surface area (Å²) in [5.41, 5.74) is 5.23. The molecule has 0 aliphatic carbocycles. The number of hydrogen-bond donors (Lipinski definition) is 0. The fourth-order valence-electron chi connectivity index (χ4n) is 3.82. The van der Waals surface area contributed by atoms with Gasteiger partial charge in [-0.2, -0.15) is 0 Å². The van der Waals surface area contributed by atoms with Crippen molar-refractivity contribution in [2.75, 3.05) is 14.2 Å². The van der Waals surface area contributed by atoms with E-state index in [4.69, 9.17) is 14.5 Å². The average molecular weight is 480 g/mol. The van der Waals surface area contributed by atoms with E-state index in [2.05, 4.69) is 57.3 Å². The van der Waals surface area contributed by atoms with Gasteiger partial charge in [0.15, 0.2) is 0 Å². The molecule has 5 aromatic rings. The first-order valence-corrected chi connectivity index (χ1v) is 10.00. The largest absolute Gasteiger partial charge is 0.497 e. The number of methoxy groups -OCH3 is 2. The number of halogens is 1. The molecule has 2 heterocycles. The summed E-state index contributed by atoms with van der Waals surface area (Å²) in [7, 11) is 3.38. The fourth-order valence-corrected chi connectivity index (χ4v) is 4.78. The Morgan fingerprint density at radius 3 is 2.46 bits per heavy atom. The number of fused-ring (bicyclic) bond motifs is 5. The first kappa shape index (κ1) is 17.3. The van der Waals surface area contributed by atoms with E-state index in [0.29, 0.717) is 0 Å². The molecule has 0 aliphatic rings. The van der Waals surface area contributed by atoms with E-state index >= 15 is 0 Å². The molecule has 0 bridgehead atoms. The third kappa shape index (κ3) is 2.46. The molecule has 0 unspecified atom stereocenters. The van der Waals surface area contributed by atoms with E-state index < -0.39 is 0 Å². The molecule has 3 aromatic carbocycles. The van der Waals surface area contributed by atoms with E-state index in [1.807, 2.05) is 36.5 Å². The average Bonchev–Trinajstić information content (AvgIpc) is 3.14. The highest BCUT2D eigenvalue weighted by molar-refractivity contribution is 14.1. The Bertz CT molecular complexity index is 1340. The van der Waals surface area contributed by atoms with Gasteiger partial charge in [0.1, 0.15) is 22.7 Å². The normalized spacial score (nSPS) is 11.4. The van der Waals surface area contributed by atoms with Gasteiger partial charge in [0.25, 0.3) is 0 Å². The molecule has 138 valence electrons. The highest BCUT2D eigenvalue weighted by Gasteiger charge is 2.22. The van der Waals surface area contributed by atoms with Crippen molar-refractivity contribution in [1.82, 2.24) is 9.38 Å². The van der Waals surface area contributed by atoms with Crippen molar-refractivity contribution >= 4 is 50.0 Å². The van der Waals surface area contributed by atoms with E-state index in [1.54, 1.807) is 14.2 Å². The van der Waals surface area contributed by atoms with Crippen LogP contribution in [0, 0.1) is 3.57 Å². The van der Waals surface area contributed by atoms with Crippen molar-refractivity contribution in [3.05, 3.63) is 70.4 Å². The third-order valence-electron chi connectivity index (χ3n) is 5.06. The monoisotopic (exact) mass is 480 g/mol. The van der Waals surface area contributed by atoms with E-state index in [0.717, 1.165) is 53.6 Å². The second-order valence-corrected chi connectivity index (χ2v) is 7.62. The summed E-state index contributed by atoms with van der Waals surface area (Å²) < 4.78 is 14.6. The van der Waals surface area contributed by atoms with Gasteiger partial charge < -0.3 is 9.47 Å². The molecule has 5 rings (SSSR count). The lowest BCUT2D eigenvalue weighted by Crippen LogP contribution is -1.95. The molecule has 2 aromatic heterocycles. The highest BCUT2D eigenvalue weighted by atomic mass is 127. The molecule has 0 amide bonds. The zero-order valence-corrected chi connectivity index (χ0v) is 17.6. The molecule has 0 spiro atoms. The van der Waals surface area contributed by atoms with Gasteiger partial charge in [-0.1, -0.05) is 36.4 Å². The van der Waals surface area contributed by atoms with Gasteiger partial charge in [-0.05, 0) is 46.4 Å². The molecule has 0 aliphatic heterocycles. The van der Waals surface area contributed by atoms with E-state index in [1.165, 1.54) is 0 Å². The van der Waals surface area contributed by atoms with Crippen LogP contribution in [0.5, 0.6) is 11.5 Å². The Morgan fingerprint density at radius 2 is 1.71 bits per heavy atom. The van der Waals surface area contributed by atoms with Crippen LogP contribution in [0.3, 0.4) is 0 Å². The SMILES string of the molecule is COc1cc(OC)c2c(-c3ccccc3)c(I)c3nc4ccccn4c3c2c1. The van der Waals surface area contributed by atoms with Crippen LogP contribution < -0.4 is 9.47 Å². The maximum atomic E-state index is 5.81. The minimum absolute atomic E-state index is 0.761. The number of ether oxygens (including phenoxy) is 2. The number of nitrogens with zero attached hydrogens (tertiary/aromatic N) is 2. The van der Waals surface area contributed by atoms with E-state index in [-0.39, 0.29) is 0 Å². The number of hydrogen-bond acceptors (Lipinski definition) is 3. The molecule has 0 saturated heterocycles. The van der Waals surface area contributed by atoms with Crippen LogP contribution in [0.4, 0.5) is 0 Å². The number of rotatable bonds is 3. The van der Waals surface area contributed by atoms with Gasteiger partial charge in [0.05, 0.1) is 19.7 Å². The lowest BCUT2D eigenvalue weighted by molar-refractivity contribution is 0.398. The number of benzene rings is 3. The van der Waals surface area contributed by atoms with Crippen molar-refractivity contribution in [1.29, 1.82) is 0 Å². The Labute approximate surface area is 175 Å². The Kier molecular flexibility index (Phi) is 4.12. The topological polar surface area (TPSA) is 35.8 Å². The molecule has 0 atom stereocenters. The van der Waals surface area contributed by atoms with Gasteiger partial charge in [-0.3, -0.25) is 4.40 Å². The first-order valence-electron chi connectivity index (χ1n) is 8.92. The molecule has 28 heavy (non-hydrogen) atoms. The number of aromatic nitrogens is 2. The van der Waals surface area contributed by atoms with Crippen molar-refractivity contribution in [3.63, 3.8) is 0 Å². The summed E-state index contributed by atoms with van der Waals surface area (Å²) in [5, 5.41) is 2.13. The maximum absolute atomic E-state index is 5.81. The lowest BCUT2D eigenvalue weighted by atomic mass is 9.96. The second-order valence-electron chi connectivity index (χ2n) is 6.55. The zero-order valence-electron chi connectivity index (χ0n) is 15.4. The first-order chi connectivity index (χ1) is 13.7. The van der Waals surface area contributed by atoms with E-state index in [9.17, 15) is 0 Å². The minimum Gasteiger partial charge on any atom is -0.497 e. The summed E-state index contributed by atoms with van der Waals surface area (Å²) in [6, 6.07) is 20.5. The maximum Gasteiger partial charge on any atom is 0.137 e. The Balaban J connectivity index is 2.10. The van der Waals surface area contributed by atoms with Crippen LogP contribution in [0.2, 0.25) is 0 Å². The van der Waals surface area contributed by atoms with Gasteiger partial charge in [0, 0.05) is 32.2 Å². The quantitative estimate of drug-likeness (QED) is 0.301. The van der Waals surface area contributed by atoms with Gasteiger partial charge in [-0.15, -0.1) is 0 Å². The molecule has 5 heteroatoms. The summed E-state index contributed by atoms with van der Waals surface area (Å²) >= 11 is 2.41. The van der Waals surface area contributed by atoms with Crippen LogP contribution in [-0.2, 0) is 0 Å². The van der Waals surface area contributed by atoms with Crippen LogP contribution in [0.25, 0.3) is 38.6 Å². The standard InChI is InChI=1S/C23H17IN2O2/c1-27-15-12-16-20(17(13-15)28-2)19(14-8-4-3-5-9-14)21(24)22-23(16)26-11-7-6-10-18(26)25-22/h3-13H,1-2H3. The molecular formula is C23H17IN2O2. The van der Waals surface area contributed by atoms with Crippen molar-refractivity contribution in [3.8, 4) is 22.6 Å². The lowest BCUT2D eigenvalue weighted by Gasteiger charge is -2.16. The molecule has 0 fully saturated rings. The van der Waals surface area contributed by atoms with Crippen molar-refractivity contribution in [2.45, 2.75) is 0 Å². The summed E-state index contributed by atoms with van der Waals surface area (Å²) in [6.45, 7) is 0. The smallest absolute Gasteiger partial charge is 0.137 e.